The number of hydrogen-bond acceptors (Lipinski definition) is 6. The molecule has 0 atom stereocenters. The number of aromatic nitrogens is 1. The highest BCUT2D eigenvalue weighted by Gasteiger charge is 2.33. The fourth-order valence-electron chi connectivity index (χ4n) is 3.63. The van der Waals surface area contributed by atoms with E-state index in [0.717, 1.165) is 21.9 Å². The SMILES string of the molecule is COc1cc([N+](=O)[O-])ccc1-n1c(C)cc(/C=C2/C(=N)N3C=C(C)SC3=NC2=O)c1C. The van der Waals surface area contributed by atoms with Crippen LogP contribution in [-0.4, -0.2) is 38.4 Å². The average Bonchev–Trinajstić information content (AvgIpc) is 3.23. The molecule has 2 aliphatic rings. The number of allylic oxidation sites excluding steroid dienone is 1. The van der Waals surface area contributed by atoms with Crippen LogP contribution in [0.3, 0.4) is 0 Å². The van der Waals surface area contributed by atoms with E-state index in [-0.39, 0.29) is 17.1 Å². The molecule has 0 saturated heterocycles. The molecule has 31 heavy (non-hydrogen) atoms. The molecular weight excluding hydrogens is 418 g/mol. The molecule has 0 unspecified atom stereocenters. The molecule has 1 aromatic carbocycles. The van der Waals surface area contributed by atoms with E-state index in [1.165, 1.54) is 31.0 Å². The van der Waals surface area contributed by atoms with Gasteiger partial charge in [0.15, 0.2) is 5.17 Å². The zero-order valence-electron chi connectivity index (χ0n) is 17.3. The summed E-state index contributed by atoms with van der Waals surface area (Å²) in [6.45, 7) is 5.67. The molecule has 0 bridgehead atoms. The van der Waals surface area contributed by atoms with Crippen LogP contribution >= 0.6 is 11.8 Å². The summed E-state index contributed by atoms with van der Waals surface area (Å²) >= 11 is 1.36. The number of methoxy groups -OCH3 is 1. The van der Waals surface area contributed by atoms with Crippen molar-refractivity contribution in [3.8, 4) is 11.4 Å². The van der Waals surface area contributed by atoms with Gasteiger partial charge >= 0.3 is 0 Å². The Morgan fingerprint density at radius 1 is 1.26 bits per heavy atom. The van der Waals surface area contributed by atoms with Crippen LogP contribution in [0.5, 0.6) is 5.75 Å². The smallest absolute Gasteiger partial charge is 0.283 e. The number of hydrogen-bond donors (Lipinski definition) is 1. The summed E-state index contributed by atoms with van der Waals surface area (Å²) in [5.74, 6) is -0.0118. The molecule has 0 saturated carbocycles. The molecular formula is C21H19N5O4S. The molecule has 0 fully saturated rings. The highest BCUT2D eigenvalue weighted by atomic mass is 32.2. The molecule has 3 heterocycles. The fourth-order valence-corrected chi connectivity index (χ4v) is 4.44. The molecule has 9 nitrogen and oxygen atoms in total. The zero-order chi connectivity index (χ0) is 22.4. The number of amidine groups is 2. The second-order valence-electron chi connectivity index (χ2n) is 7.09. The van der Waals surface area contributed by atoms with E-state index in [9.17, 15) is 14.9 Å². The molecule has 2 aromatic rings. The normalized spacial score (nSPS) is 17.0. The van der Waals surface area contributed by atoms with Crippen molar-refractivity contribution in [2.24, 2.45) is 4.99 Å². The molecule has 1 amide bonds. The number of carbonyl (C=O) groups excluding carboxylic acids is 1. The van der Waals surface area contributed by atoms with Gasteiger partial charge in [-0.1, -0.05) is 11.8 Å². The molecule has 0 radical (unpaired) electrons. The van der Waals surface area contributed by atoms with Gasteiger partial charge in [-0.2, -0.15) is 4.99 Å². The van der Waals surface area contributed by atoms with Crippen molar-refractivity contribution in [3.05, 3.63) is 68.0 Å². The number of nitrogens with zero attached hydrogens (tertiary/aromatic N) is 4. The van der Waals surface area contributed by atoms with Crippen LogP contribution in [0.2, 0.25) is 0 Å². The van der Waals surface area contributed by atoms with Gasteiger partial charge in [-0.25, -0.2) is 0 Å². The molecule has 2 aliphatic heterocycles. The summed E-state index contributed by atoms with van der Waals surface area (Å²) in [4.78, 5) is 29.9. The van der Waals surface area contributed by atoms with Crippen LogP contribution in [0.1, 0.15) is 23.9 Å². The minimum absolute atomic E-state index is 0.0628. The number of non-ortho nitro benzene ring substituents is 1. The number of aliphatic imine (C=N–C) groups is 1. The van der Waals surface area contributed by atoms with Gasteiger partial charge in [-0.05, 0) is 44.5 Å². The lowest BCUT2D eigenvalue weighted by Crippen LogP contribution is -2.35. The van der Waals surface area contributed by atoms with E-state index in [0.29, 0.717) is 16.6 Å². The number of ether oxygens (including phenoxy) is 1. The largest absolute Gasteiger partial charge is 0.494 e. The summed E-state index contributed by atoms with van der Waals surface area (Å²) in [6.07, 6.45) is 3.45. The Balaban J connectivity index is 1.79. The number of nitro groups is 1. The van der Waals surface area contributed by atoms with Crippen LogP contribution < -0.4 is 4.74 Å². The number of fused-ring (bicyclic) bond motifs is 1. The van der Waals surface area contributed by atoms with E-state index in [1.807, 2.05) is 31.4 Å². The Morgan fingerprint density at radius 3 is 2.68 bits per heavy atom. The van der Waals surface area contributed by atoms with Gasteiger partial charge in [0.2, 0.25) is 0 Å². The lowest BCUT2D eigenvalue weighted by Gasteiger charge is -2.22. The van der Waals surface area contributed by atoms with Gasteiger partial charge < -0.3 is 9.30 Å². The first-order chi connectivity index (χ1) is 14.7. The third-order valence-corrected chi connectivity index (χ3v) is 5.98. The second kappa shape index (κ2) is 7.55. The standard InChI is InChI=1S/C21H19N5O4S/c1-11-7-14(8-16-19(22)24-10-12(2)31-21(24)23-20(16)27)13(3)25(11)17-6-5-15(26(28)29)9-18(17)30-4/h5-10,22H,1-4H3/b16-8-,22-19?. The van der Waals surface area contributed by atoms with Crippen molar-refractivity contribution in [3.63, 3.8) is 0 Å². The van der Waals surface area contributed by atoms with Crippen molar-refractivity contribution < 1.29 is 14.5 Å². The number of carbonyl (C=O) groups is 1. The predicted molar refractivity (Wildman–Crippen MR) is 120 cm³/mol. The van der Waals surface area contributed by atoms with E-state index in [2.05, 4.69) is 4.99 Å². The Labute approximate surface area is 182 Å². The number of amides is 1. The lowest BCUT2D eigenvalue weighted by atomic mass is 10.1. The Morgan fingerprint density at radius 2 is 2.00 bits per heavy atom. The quantitative estimate of drug-likeness (QED) is 0.436. The maximum atomic E-state index is 12.6. The first-order valence-corrected chi connectivity index (χ1v) is 10.1. The van der Waals surface area contributed by atoms with Crippen molar-refractivity contribution in [1.29, 1.82) is 5.41 Å². The maximum Gasteiger partial charge on any atom is 0.283 e. The van der Waals surface area contributed by atoms with Crippen molar-refractivity contribution in [2.75, 3.05) is 7.11 Å². The summed E-state index contributed by atoms with van der Waals surface area (Å²) in [6, 6.07) is 6.32. The summed E-state index contributed by atoms with van der Waals surface area (Å²) in [7, 11) is 1.46. The Hall–Kier alpha value is -3.66. The number of aryl methyl sites for hydroxylation is 1. The molecule has 10 heteroatoms. The summed E-state index contributed by atoms with van der Waals surface area (Å²) in [5.41, 5.74) is 3.18. The summed E-state index contributed by atoms with van der Waals surface area (Å²) in [5, 5.41) is 20.1. The van der Waals surface area contributed by atoms with E-state index in [4.69, 9.17) is 10.1 Å². The van der Waals surface area contributed by atoms with Crippen LogP contribution in [0.15, 0.2) is 45.9 Å². The van der Waals surface area contributed by atoms with E-state index >= 15 is 0 Å². The second-order valence-corrected chi connectivity index (χ2v) is 8.31. The van der Waals surface area contributed by atoms with Gasteiger partial charge in [0.05, 0.1) is 29.4 Å². The fraction of sp³-hybridized carbons (Fsp3) is 0.190. The lowest BCUT2D eigenvalue weighted by molar-refractivity contribution is -0.384. The first kappa shape index (κ1) is 20.6. The Bertz CT molecular complexity index is 1250. The topological polar surface area (TPSA) is 114 Å². The summed E-state index contributed by atoms with van der Waals surface area (Å²) < 4.78 is 7.29. The van der Waals surface area contributed by atoms with Crippen molar-refractivity contribution >= 4 is 40.4 Å². The molecule has 1 aromatic heterocycles. The zero-order valence-corrected chi connectivity index (χ0v) is 18.1. The van der Waals surface area contributed by atoms with Gasteiger partial charge in [-0.15, -0.1) is 0 Å². The van der Waals surface area contributed by atoms with Crippen molar-refractivity contribution in [2.45, 2.75) is 20.8 Å². The minimum atomic E-state index is -0.473. The molecule has 158 valence electrons. The highest BCUT2D eigenvalue weighted by molar-refractivity contribution is 8.17. The van der Waals surface area contributed by atoms with Crippen LogP contribution in [-0.2, 0) is 4.79 Å². The van der Waals surface area contributed by atoms with Gasteiger partial charge in [0.1, 0.15) is 11.6 Å². The van der Waals surface area contributed by atoms with Gasteiger partial charge in [0, 0.05) is 28.6 Å². The molecule has 0 aliphatic carbocycles. The van der Waals surface area contributed by atoms with Crippen LogP contribution in [0.25, 0.3) is 11.8 Å². The van der Waals surface area contributed by atoms with Gasteiger partial charge in [0.25, 0.3) is 11.6 Å². The third kappa shape index (κ3) is 3.44. The van der Waals surface area contributed by atoms with E-state index in [1.54, 1.807) is 23.2 Å². The average molecular weight is 437 g/mol. The highest BCUT2D eigenvalue weighted by Crippen LogP contribution is 2.34. The van der Waals surface area contributed by atoms with Crippen LogP contribution in [0.4, 0.5) is 5.69 Å². The number of rotatable bonds is 4. The van der Waals surface area contributed by atoms with Gasteiger partial charge in [-0.3, -0.25) is 25.2 Å². The molecule has 4 rings (SSSR count). The minimum Gasteiger partial charge on any atom is -0.494 e. The monoisotopic (exact) mass is 437 g/mol. The molecule has 1 N–H and O–H groups in total. The Kier molecular flexibility index (Phi) is 5.02. The first-order valence-electron chi connectivity index (χ1n) is 9.32. The number of thioether (sulfide) groups is 1. The molecule has 0 spiro atoms. The predicted octanol–water partition coefficient (Wildman–Crippen LogP) is 4.18. The number of nitrogens with one attached hydrogen (secondary N) is 1. The van der Waals surface area contributed by atoms with Crippen LogP contribution in [0, 0.1) is 29.4 Å². The van der Waals surface area contributed by atoms with E-state index < -0.39 is 10.8 Å². The number of benzene rings is 1. The number of nitro benzene ring substituents is 1. The van der Waals surface area contributed by atoms with Crippen molar-refractivity contribution in [1.82, 2.24) is 9.47 Å². The maximum absolute atomic E-state index is 12.6. The third-order valence-electron chi connectivity index (χ3n) is 5.08.